The summed E-state index contributed by atoms with van der Waals surface area (Å²) in [5, 5.41) is 4.05. The van der Waals surface area contributed by atoms with E-state index in [1.807, 2.05) is 0 Å². The Labute approximate surface area is 112 Å². The van der Waals surface area contributed by atoms with Gasteiger partial charge in [-0.25, -0.2) is 0 Å². The molecule has 0 spiro atoms. The molecule has 1 aliphatic carbocycles. The summed E-state index contributed by atoms with van der Waals surface area (Å²) in [5.74, 6) is 2.06. The quantitative estimate of drug-likeness (QED) is 0.837. The molecule has 2 fully saturated rings. The fraction of sp³-hybridized carbons (Fsp3) is 0.786. The number of carbonyl (C=O) groups excluding carboxylic acids is 1. The van der Waals surface area contributed by atoms with Gasteiger partial charge < -0.3 is 9.26 Å². The largest absolute Gasteiger partial charge is 0.381 e. The second-order valence-corrected chi connectivity index (χ2v) is 5.57. The van der Waals surface area contributed by atoms with E-state index in [9.17, 15) is 4.79 Å². The zero-order chi connectivity index (χ0) is 13.1. The maximum absolute atomic E-state index is 11.8. The summed E-state index contributed by atoms with van der Waals surface area (Å²) in [6.45, 7) is 1.51. The summed E-state index contributed by atoms with van der Waals surface area (Å²) in [4.78, 5) is 16.2. The zero-order valence-electron chi connectivity index (χ0n) is 11.1. The van der Waals surface area contributed by atoms with Gasteiger partial charge in [0.15, 0.2) is 5.82 Å². The van der Waals surface area contributed by atoms with Crippen LogP contribution in [0.3, 0.4) is 0 Å². The third-order valence-corrected chi connectivity index (χ3v) is 4.11. The Hall–Kier alpha value is -1.23. The third kappa shape index (κ3) is 3.03. The van der Waals surface area contributed by atoms with Crippen molar-refractivity contribution in [2.45, 2.75) is 50.9 Å². The van der Waals surface area contributed by atoms with Gasteiger partial charge >= 0.3 is 0 Å². The van der Waals surface area contributed by atoms with Gasteiger partial charge in [0, 0.05) is 31.3 Å². The molecule has 0 bridgehead atoms. The number of nitrogens with zero attached hydrogens (tertiary/aromatic N) is 2. The van der Waals surface area contributed by atoms with E-state index in [-0.39, 0.29) is 11.8 Å². The highest BCUT2D eigenvalue weighted by Gasteiger charge is 2.26. The smallest absolute Gasteiger partial charge is 0.227 e. The Bertz CT molecular complexity index is 438. The van der Waals surface area contributed by atoms with Gasteiger partial charge in [0.2, 0.25) is 5.89 Å². The van der Waals surface area contributed by atoms with Gasteiger partial charge in [-0.05, 0) is 25.7 Å². The molecule has 2 heterocycles. The van der Waals surface area contributed by atoms with Crippen LogP contribution in [0.5, 0.6) is 0 Å². The van der Waals surface area contributed by atoms with Crippen molar-refractivity contribution in [1.82, 2.24) is 10.1 Å². The van der Waals surface area contributed by atoms with Gasteiger partial charge in [-0.3, -0.25) is 4.79 Å². The van der Waals surface area contributed by atoms with Crippen LogP contribution in [-0.2, 0) is 16.0 Å². The van der Waals surface area contributed by atoms with E-state index in [2.05, 4.69) is 10.1 Å². The molecule has 0 amide bonds. The standard InChI is InChI=1S/C14H20N2O3/c17-12-6-2-1-4-10(12)8-13-15-14(16-19-13)11-5-3-7-18-9-11/h10-11H,1-9H2. The molecule has 5 heteroatoms. The van der Waals surface area contributed by atoms with Gasteiger partial charge in [0.25, 0.3) is 0 Å². The van der Waals surface area contributed by atoms with Crippen LogP contribution in [0.4, 0.5) is 0 Å². The highest BCUT2D eigenvalue weighted by atomic mass is 16.5. The first kappa shape index (κ1) is 12.8. The molecule has 0 radical (unpaired) electrons. The van der Waals surface area contributed by atoms with Gasteiger partial charge in [-0.2, -0.15) is 4.98 Å². The fourth-order valence-corrected chi connectivity index (χ4v) is 2.94. The average Bonchev–Trinajstić information content (AvgIpc) is 2.91. The molecule has 5 nitrogen and oxygen atoms in total. The molecule has 1 aromatic rings. The number of Topliss-reactive ketones (excluding diaryl/α,β-unsaturated/α-hetero) is 1. The van der Waals surface area contributed by atoms with Crippen molar-refractivity contribution in [2.75, 3.05) is 13.2 Å². The molecule has 1 saturated carbocycles. The van der Waals surface area contributed by atoms with E-state index in [0.717, 1.165) is 44.5 Å². The highest BCUT2D eigenvalue weighted by molar-refractivity contribution is 5.81. The van der Waals surface area contributed by atoms with Crippen molar-refractivity contribution in [3.05, 3.63) is 11.7 Å². The van der Waals surface area contributed by atoms with Gasteiger partial charge in [0.1, 0.15) is 5.78 Å². The van der Waals surface area contributed by atoms with E-state index in [1.165, 1.54) is 0 Å². The minimum Gasteiger partial charge on any atom is -0.381 e. The maximum Gasteiger partial charge on any atom is 0.227 e. The lowest BCUT2D eigenvalue weighted by Gasteiger charge is -2.19. The van der Waals surface area contributed by atoms with Crippen LogP contribution in [0.1, 0.15) is 56.2 Å². The average molecular weight is 264 g/mol. The molecule has 1 aromatic heterocycles. The lowest BCUT2D eigenvalue weighted by atomic mass is 9.86. The number of aromatic nitrogens is 2. The Morgan fingerprint density at radius 2 is 2.16 bits per heavy atom. The van der Waals surface area contributed by atoms with E-state index < -0.39 is 0 Å². The molecule has 1 aliphatic heterocycles. The summed E-state index contributed by atoms with van der Waals surface area (Å²) < 4.78 is 10.7. The van der Waals surface area contributed by atoms with Gasteiger partial charge in [-0.15, -0.1) is 0 Å². The fourth-order valence-electron chi connectivity index (χ4n) is 2.94. The topological polar surface area (TPSA) is 65.2 Å². The van der Waals surface area contributed by atoms with Crippen molar-refractivity contribution in [1.29, 1.82) is 0 Å². The SMILES string of the molecule is O=C1CCCCC1Cc1nc(C2CCCOC2)no1. The first-order valence-corrected chi connectivity index (χ1v) is 7.26. The van der Waals surface area contributed by atoms with Crippen LogP contribution in [0.15, 0.2) is 4.52 Å². The lowest BCUT2D eigenvalue weighted by molar-refractivity contribution is -0.124. The summed E-state index contributed by atoms with van der Waals surface area (Å²) in [6.07, 6.45) is 6.55. The number of rotatable bonds is 3. The molecule has 2 aliphatic rings. The van der Waals surface area contributed by atoms with E-state index in [1.54, 1.807) is 0 Å². The molecule has 19 heavy (non-hydrogen) atoms. The second-order valence-electron chi connectivity index (χ2n) is 5.57. The van der Waals surface area contributed by atoms with Gasteiger partial charge in [0.05, 0.1) is 6.61 Å². The molecule has 0 N–H and O–H groups in total. The molecule has 104 valence electrons. The van der Waals surface area contributed by atoms with Crippen LogP contribution >= 0.6 is 0 Å². The molecule has 1 saturated heterocycles. The zero-order valence-corrected chi connectivity index (χ0v) is 11.1. The minimum absolute atomic E-state index is 0.0876. The summed E-state index contributed by atoms with van der Waals surface area (Å²) in [7, 11) is 0. The van der Waals surface area contributed by atoms with Crippen molar-refractivity contribution in [3.8, 4) is 0 Å². The van der Waals surface area contributed by atoms with Crippen LogP contribution < -0.4 is 0 Å². The Morgan fingerprint density at radius 3 is 2.95 bits per heavy atom. The monoisotopic (exact) mass is 264 g/mol. The van der Waals surface area contributed by atoms with E-state index >= 15 is 0 Å². The normalized spacial score (nSPS) is 28.5. The summed E-state index contributed by atoms with van der Waals surface area (Å²) in [5.41, 5.74) is 0. The van der Waals surface area contributed by atoms with Crippen LogP contribution in [0.25, 0.3) is 0 Å². The third-order valence-electron chi connectivity index (χ3n) is 4.11. The molecule has 2 atom stereocenters. The van der Waals surface area contributed by atoms with Crippen molar-refractivity contribution in [3.63, 3.8) is 0 Å². The predicted octanol–water partition coefficient (Wildman–Crippen LogP) is 2.27. The Morgan fingerprint density at radius 1 is 1.21 bits per heavy atom. The number of ketones is 1. The van der Waals surface area contributed by atoms with Crippen LogP contribution in [0.2, 0.25) is 0 Å². The van der Waals surface area contributed by atoms with Gasteiger partial charge in [-0.1, -0.05) is 11.6 Å². The molecular weight excluding hydrogens is 244 g/mol. The van der Waals surface area contributed by atoms with Crippen molar-refractivity contribution >= 4 is 5.78 Å². The van der Waals surface area contributed by atoms with Crippen LogP contribution in [0, 0.1) is 5.92 Å². The first-order chi connectivity index (χ1) is 9.33. The van der Waals surface area contributed by atoms with E-state index in [0.29, 0.717) is 31.1 Å². The summed E-state index contributed by atoms with van der Waals surface area (Å²) >= 11 is 0. The number of ether oxygens (including phenoxy) is 1. The number of carbonyl (C=O) groups is 1. The van der Waals surface area contributed by atoms with Crippen molar-refractivity contribution in [2.24, 2.45) is 5.92 Å². The van der Waals surface area contributed by atoms with E-state index in [4.69, 9.17) is 9.26 Å². The predicted molar refractivity (Wildman–Crippen MR) is 67.8 cm³/mol. The van der Waals surface area contributed by atoms with Crippen molar-refractivity contribution < 1.29 is 14.1 Å². The first-order valence-electron chi connectivity index (χ1n) is 7.26. The maximum atomic E-state index is 11.8. The summed E-state index contributed by atoms with van der Waals surface area (Å²) in [6, 6.07) is 0. The molecule has 0 aromatic carbocycles. The second kappa shape index (κ2) is 5.82. The highest BCUT2D eigenvalue weighted by Crippen LogP contribution is 2.26. The molecule has 3 rings (SSSR count). The lowest BCUT2D eigenvalue weighted by Crippen LogP contribution is -2.21. The Balaban J connectivity index is 1.62. The molecular formula is C14H20N2O3. The Kier molecular flexibility index (Phi) is 3.92. The minimum atomic E-state index is 0.0876. The number of hydrogen-bond donors (Lipinski definition) is 0. The van der Waals surface area contributed by atoms with Crippen LogP contribution in [-0.4, -0.2) is 29.1 Å². The molecule has 2 unspecified atom stereocenters. The number of hydrogen-bond acceptors (Lipinski definition) is 5.